The third kappa shape index (κ3) is 3.88. The second-order valence-electron chi connectivity index (χ2n) is 7.58. The third-order valence-electron chi connectivity index (χ3n) is 5.45. The molecule has 2 aliphatic rings. The Morgan fingerprint density at radius 2 is 1.85 bits per heavy atom. The minimum Gasteiger partial charge on any atom is -0.370 e. The van der Waals surface area contributed by atoms with Crippen LogP contribution in [0.15, 0.2) is 24.5 Å². The summed E-state index contributed by atoms with van der Waals surface area (Å²) in [6.07, 6.45) is 3.65. The monoisotopic (exact) mass is 366 g/mol. The van der Waals surface area contributed by atoms with E-state index in [2.05, 4.69) is 44.7 Å². The van der Waals surface area contributed by atoms with Crippen molar-refractivity contribution in [1.82, 2.24) is 19.8 Å². The first kappa shape index (κ1) is 18.1. The van der Waals surface area contributed by atoms with Crippen molar-refractivity contribution in [2.75, 3.05) is 57.8 Å². The SMILES string of the molecule is C[C@H]1CN(c2ccc(C#N)c3nccnc23)C[C@H](CN2CCN(C)CC2)O1. The van der Waals surface area contributed by atoms with Crippen molar-refractivity contribution >= 4 is 16.7 Å². The molecule has 2 aromatic rings. The van der Waals surface area contributed by atoms with Crippen molar-refractivity contribution in [2.24, 2.45) is 0 Å². The number of nitriles is 1. The first-order valence-electron chi connectivity index (χ1n) is 9.59. The summed E-state index contributed by atoms with van der Waals surface area (Å²) in [5.74, 6) is 0. The topological polar surface area (TPSA) is 68.5 Å². The van der Waals surface area contributed by atoms with Crippen molar-refractivity contribution in [3.05, 3.63) is 30.1 Å². The molecular formula is C20H26N6O. The molecule has 0 radical (unpaired) electrons. The normalized spacial score (nSPS) is 24.9. The Bertz CT molecular complexity index is 842. The van der Waals surface area contributed by atoms with E-state index in [4.69, 9.17) is 4.74 Å². The summed E-state index contributed by atoms with van der Waals surface area (Å²) in [5.41, 5.74) is 3.07. The van der Waals surface area contributed by atoms with E-state index < -0.39 is 0 Å². The molecule has 0 aliphatic carbocycles. The minimum atomic E-state index is 0.151. The number of likely N-dealkylation sites (N-methyl/N-ethyl adjacent to an activating group) is 1. The lowest BCUT2D eigenvalue weighted by atomic mass is 10.1. The van der Waals surface area contributed by atoms with Crippen molar-refractivity contribution in [1.29, 1.82) is 5.26 Å². The minimum absolute atomic E-state index is 0.151. The number of anilines is 1. The van der Waals surface area contributed by atoms with Crippen LogP contribution in [-0.2, 0) is 4.74 Å². The first-order chi connectivity index (χ1) is 13.1. The lowest BCUT2D eigenvalue weighted by Crippen LogP contribution is -2.53. The van der Waals surface area contributed by atoms with Crippen LogP contribution >= 0.6 is 0 Å². The van der Waals surface area contributed by atoms with Gasteiger partial charge in [-0.2, -0.15) is 5.26 Å². The number of hydrogen-bond donors (Lipinski definition) is 0. The molecular weight excluding hydrogens is 340 g/mol. The maximum atomic E-state index is 9.36. The van der Waals surface area contributed by atoms with Crippen LogP contribution in [0.2, 0.25) is 0 Å². The highest BCUT2D eigenvalue weighted by Gasteiger charge is 2.29. The molecule has 27 heavy (non-hydrogen) atoms. The molecule has 7 heteroatoms. The molecule has 0 saturated carbocycles. The molecule has 0 N–H and O–H groups in total. The van der Waals surface area contributed by atoms with Crippen LogP contribution in [0, 0.1) is 11.3 Å². The van der Waals surface area contributed by atoms with Gasteiger partial charge in [-0.1, -0.05) is 0 Å². The van der Waals surface area contributed by atoms with E-state index in [1.165, 1.54) is 0 Å². The lowest BCUT2D eigenvalue weighted by Gasteiger charge is -2.41. The molecule has 3 heterocycles. The highest BCUT2D eigenvalue weighted by molar-refractivity contribution is 5.92. The Labute approximate surface area is 160 Å². The van der Waals surface area contributed by atoms with Gasteiger partial charge in [0.2, 0.25) is 0 Å². The highest BCUT2D eigenvalue weighted by Crippen LogP contribution is 2.29. The molecule has 0 spiro atoms. The molecule has 0 amide bonds. The number of morpholine rings is 1. The van der Waals surface area contributed by atoms with E-state index >= 15 is 0 Å². The molecule has 2 atom stereocenters. The third-order valence-corrected chi connectivity index (χ3v) is 5.45. The van der Waals surface area contributed by atoms with Gasteiger partial charge in [0.25, 0.3) is 0 Å². The number of hydrogen-bond acceptors (Lipinski definition) is 7. The fraction of sp³-hybridized carbons (Fsp3) is 0.550. The Morgan fingerprint density at radius 3 is 2.59 bits per heavy atom. The van der Waals surface area contributed by atoms with Crippen LogP contribution in [0.25, 0.3) is 11.0 Å². The predicted molar refractivity (Wildman–Crippen MR) is 105 cm³/mol. The molecule has 7 nitrogen and oxygen atoms in total. The smallest absolute Gasteiger partial charge is 0.113 e. The molecule has 1 aromatic heterocycles. The van der Waals surface area contributed by atoms with Crippen molar-refractivity contribution in [2.45, 2.75) is 19.1 Å². The first-order valence-corrected chi connectivity index (χ1v) is 9.59. The second kappa shape index (κ2) is 7.77. The molecule has 2 aliphatic heterocycles. The maximum Gasteiger partial charge on any atom is 0.113 e. The summed E-state index contributed by atoms with van der Waals surface area (Å²) >= 11 is 0. The zero-order valence-electron chi connectivity index (χ0n) is 16.0. The van der Waals surface area contributed by atoms with Crippen LogP contribution in [0.3, 0.4) is 0 Å². The summed E-state index contributed by atoms with van der Waals surface area (Å²) in [7, 11) is 2.18. The van der Waals surface area contributed by atoms with Gasteiger partial charge in [-0.3, -0.25) is 14.9 Å². The number of piperazine rings is 1. The number of ether oxygens (including phenoxy) is 1. The summed E-state index contributed by atoms with van der Waals surface area (Å²) in [5, 5.41) is 9.36. The molecule has 0 bridgehead atoms. The standard InChI is InChI=1S/C20H26N6O/c1-15-12-26(14-17(27-15)13-25-9-7-24(2)8-10-25)18-4-3-16(11-21)19-20(18)23-6-5-22-19/h3-6,15,17H,7-10,12-14H2,1-2H3/t15-,17-/m0/s1. The van der Waals surface area contributed by atoms with E-state index in [9.17, 15) is 5.26 Å². The molecule has 2 saturated heterocycles. The molecule has 4 rings (SSSR count). The van der Waals surface area contributed by atoms with Crippen LogP contribution in [0.4, 0.5) is 5.69 Å². The number of rotatable bonds is 3. The fourth-order valence-corrected chi connectivity index (χ4v) is 4.05. The van der Waals surface area contributed by atoms with Gasteiger partial charge in [-0.05, 0) is 26.1 Å². The van der Waals surface area contributed by atoms with E-state index in [1.807, 2.05) is 12.1 Å². The zero-order valence-corrected chi connectivity index (χ0v) is 16.0. The van der Waals surface area contributed by atoms with E-state index in [0.29, 0.717) is 11.1 Å². The predicted octanol–water partition coefficient (Wildman–Crippen LogP) is 1.34. The van der Waals surface area contributed by atoms with Crippen LogP contribution in [-0.4, -0.2) is 84.8 Å². The van der Waals surface area contributed by atoms with Crippen LogP contribution < -0.4 is 4.90 Å². The van der Waals surface area contributed by atoms with Gasteiger partial charge in [0, 0.05) is 58.2 Å². The second-order valence-corrected chi connectivity index (χ2v) is 7.58. The van der Waals surface area contributed by atoms with E-state index in [0.717, 1.165) is 57.0 Å². The number of nitrogens with zero attached hydrogens (tertiary/aromatic N) is 6. The van der Waals surface area contributed by atoms with Gasteiger partial charge in [0.15, 0.2) is 0 Å². The van der Waals surface area contributed by atoms with Gasteiger partial charge in [0.05, 0.1) is 23.5 Å². The number of benzene rings is 1. The van der Waals surface area contributed by atoms with Crippen molar-refractivity contribution in [3.63, 3.8) is 0 Å². The number of fused-ring (bicyclic) bond motifs is 1. The van der Waals surface area contributed by atoms with Gasteiger partial charge < -0.3 is 14.5 Å². The van der Waals surface area contributed by atoms with Gasteiger partial charge in [-0.15, -0.1) is 0 Å². The van der Waals surface area contributed by atoms with Crippen molar-refractivity contribution < 1.29 is 4.74 Å². The summed E-state index contributed by atoms with van der Waals surface area (Å²) in [4.78, 5) is 16.1. The van der Waals surface area contributed by atoms with E-state index in [1.54, 1.807) is 12.4 Å². The molecule has 2 fully saturated rings. The average Bonchev–Trinajstić information content (AvgIpc) is 2.68. The van der Waals surface area contributed by atoms with Crippen molar-refractivity contribution in [3.8, 4) is 6.07 Å². The van der Waals surface area contributed by atoms with Gasteiger partial charge in [-0.25, -0.2) is 0 Å². The quantitative estimate of drug-likeness (QED) is 0.812. The summed E-state index contributed by atoms with van der Waals surface area (Å²) in [6, 6.07) is 6.07. The summed E-state index contributed by atoms with van der Waals surface area (Å²) < 4.78 is 6.24. The van der Waals surface area contributed by atoms with Gasteiger partial charge >= 0.3 is 0 Å². The summed E-state index contributed by atoms with van der Waals surface area (Å²) in [6.45, 7) is 9.13. The Morgan fingerprint density at radius 1 is 1.11 bits per heavy atom. The lowest BCUT2D eigenvalue weighted by molar-refractivity contribution is -0.0369. The fourth-order valence-electron chi connectivity index (χ4n) is 4.05. The Hall–Kier alpha value is -2.27. The van der Waals surface area contributed by atoms with Gasteiger partial charge in [0.1, 0.15) is 17.1 Å². The van der Waals surface area contributed by atoms with E-state index in [-0.39, 0.29) is 12.2 Å². The largest absolute Gasteiger partial charge is 0.370 e. The highest BCUT2D eigenvalue weighted by atomic mass is 16.5. The molecule has 1 aromatic carbocycles. The Kier molecular flexibility index (Phi) is 5.21. The average molecular weight is 366 g/mol. The number of aromatic nitrogens is 2. The zero-order chi connectivity index (χ0) is 18.8. The maximum absolute atomic E-state index is 9.36. The molecule has 0 unspecified atom stereocenters. The molecule has 142 valence electrons. The van der Waals surface area contributed by atoms with Crippen LogP contribution in [0.5, 0.6) is 0 Å². The Balaban J connectivity index is 1.55. The van der Waals surface area contributed by atoms with Crippen LogP contribution in [0.1, 0.15) is 12.5 Å².